The van der Waals surface area contributed by atoms with Gasteiger partial charge in [-0.2, -0.15) is 17.3 Å². The molecule has 0 unspecified atom stereocenters. The number of para-hydroxylation sites is 1. The minimum Gasteiger partial charge on any atom is -0.748 e. The van der Waals surface area contributed by atoms with Gasteiger partial charge in [-0.3, -0.25) is 9.35 Å². The number of benzene rings is 2. The predicted octanol–water partition coefficient (Wildman–Crippen LogP) is 4.89. The molecular formula is C41H53N3O13S4. The van der Waals surface area contributed by atoms with Crippen LogP contribution in [-0.2, 0) is 56.5 Å². The van der Waals surface area contributed by atoms with Crippen LogP contribution in [0, 0.1) is 5.92 Å². The molecule has 0 amide bonds. The monoisotopic (exact) mass is 923 g/mol. The lowest BCUT2D eigenvalue weighted by Crippen LogP contribution is -2.40. The number of hydrogen-bond acceptors (Lipinski definition) is 12. The number of fused-ring (bicyclic) bond motifs is 2. The first-order chi connectivity index (χ1) is 28.4. The standard InChI is InChI=1S/C41H53N3O10S3.O3S/c1-40(2)33-16-10-11-17-35(33)43(24-12-14-28-55(47,48)49)37(40)18-8-6-5-7-9-19-38-41(3,4)34-30-32(57(53,54)42-26-22-31(23-27-42)39(45)46)20-21-36(34)44(38)25-13-15-29-56(50,51)52;1-4(2)3/h5-11,16-21,30-31H,12-15,22-29H2,1-4H3,(H2-,45,46,47,48,49,50,51,52);. The first kappa shape index (κ1) is 49.3. The van der Waals surface area contributed by atoms with Crippen molar-refractivity contribution in [3.63, 3.8) is 0 Å². The van der Waals surface area contributed by atoms with E-state index >= 15 is 0 Å². The van der Waals surface area contributed by atoms with Gasteiger partial charge in [0.05, 0.1) is 32.1 Å². The van der Waals surface area contributed by atoms with Gasteiger partial charge >= 0.3 is 16.6 Å². The Morgan fingerprint density at radius 2 is 1.44 bits per heavy atom. The second kappa shape index (κ2) is 20.3. The summed E-state index contributed by atoms with van der Waals surface area (Å²) in [5, 5.41) is 9.38. The van der Waals surface area contributed by atoms with Crippen LogP contribution >= 0.6 is 0 Å². The van der Waals surface area contributed by atoms with Crippen LogP contribution in [0.25, 0.3) is 0 Å². The number of allylic oxidation sites excluding steroid dienone is 8. The molecule has 334 valence electrons. The topological polar surface area (TPSA) is 244 Å². The molecule has 0 saturated carbocycles. The highest BCUT2D eigenvalue weighted by atomic mass is 32.2. The van der Waals surface area contributed by atoms with Crippen molar-refractivity contribution in [3.8, 4) is 0 Å². The average molecular weight is 924 g/mol. The van der Waals surface area contributed by atoms with Crippen molar-refractivity contribution in [2.24, 2.45) is 5.92 Å². The van der Waals surface area contributed by atoms with Gasteiger partial charge in [0.1, 0.15) is 6.54 Å². The number of carboxylic acid groups (broad SMARTS) is 1. The van der Waals surface area contributed by atoms with Crippen LogP contribution in [0.5, 0.6) is 0 Å². The zero-order chi connectivity index (χ0) is 45.4. The molecule has 0 atom stereocenters. The normalized spacial score (nSPS) is 18.9. The molecule has 0 aliphatic carbocycles. The third-order valence-corrected chi connectivity index (χ3v) is 14.6. The van der Waals surface area contributed by atoms with Crippen molar-refractivity contribution < 1.29 is 61.5 Å². The Hall–Kier alpha value is -4.31. The summed E-state index contributed by atoms with van der Waals surface area (Å²) < 4.78 is 122. The van der Waals surface area contributed by atoms with Crippen LogP contribution in [0.4, 0.5) is 11.4 Å². The summed E-state index contributed by atoms with van der Waals surface area (Å²) in [6.07, 6.45) is 15.5. The molecule has 3 aliphatic rings. The Kier molecular flexibility index (Phi) is 16.4. The van der Waals surface area contributed by atoms with E-state index in [0.717, 1.165) is 33.9 Å². The molecule has 1 fully saturated rings. The van der Waals surface area contributed by atoms with Crippen LogP contribution in [-0.4, -0.2) is 110 Å². The van der Waals surface area contributed by atoms with Crippen molar-refractivity contribution in [2.75, 3.05) is 42.6 Å². The van der Waals surface area contributed by atoms with Gasteiger partial charge in [0.15, 0.2) is 5.71 Å². The molecule has 3 aliphatic heterocycles. The zero-order valence-corrected chi connectivity index (χ0v) is 37.8. The smallest absolute Gasteiger partial charge is 0.425 e. The van der Waals surface area contributed by atoms with Gasteiger partial charge in [-0.1, -0.05) is 62.4 Å². The number of carbonyl (C=O) groups is 1. The van der Waals surface area contributed by atoms with Crippen LogP contribution in [0.3, 0.4) is 0 Å². The third kappa shape index (κ3) is 12.9. The number of rotatable bonds is 17. The van der Waals surface area contributed by atoms with E-state index in [4.69, 9.17) is 12.6 Å². The van der Waals surface area contributed by atoms with Gasteiger partial charge in [0, 0.05) is 66.3 Å². The number of hydrogen-bond donors (Lipinski definition) is 2. The molecular weight excluding hydrogens is 871 g/mol. The fourth-order valence-corrected chi connectivity index (χ4v) is 10.6. The fraction of sp³-hybridized carbons (Fsp3) is 0.463. The van der Waals surface area contributed by atoms with Crippen molar-refractivity contribution in [3.05, 3.63) is 102 Å². The number of sulfonamides is 1. The van der Waals surface area contributed by atoms with Gasteiger partial charge in [0.2, 0.25) is 15.7 Å². The number of piperidine rings is 1. The highest BCUT2D eigenvalue weighted by molar-refractivity contribution is 7.89. The van der Waals surface area contributed by atoms with E-state index in [-0.39, 0.29) is 54.8 Å². The van der Waals surface area contributed by atoms with Crippen molar-refractivity contribution in [1.82, 2.24) is 4.31 Å². The van der Waals surface area contributed by atoms with Gasteiger partial charge in [0.25, 0.3) is 10.1 Å². The second-order valence-electron chi connectivity index (χ2n) is 16.0. The zero-order valence-electron chi connectivity index (χ0n) is 34.5. The van der Waals surface area contributed by atoms with E-state index in [1.54, 1.807) is 18.2 Å². The minimum absolute atomic E-state index is 0.124. The molecule has 1 saturated heterocycles. The molecule has 61 heavy (non-hydrogen) atoms. The maximum absolute atomic E-state index is 13.7. The van der Waals surface area contributed by atoms with Gasteiger partial charge in [-0.25, -0.2) is 16.8 Å². The van der Waals surface area contributed by atoms with Crippen LogP contribution in [0.2, 0.25) is 0 Å². The first-order valence-corrected chi connectivity index (χ1v) is 25.3. The lowest BCUT2D eigenvalue weighted by atomic mass is 9.81. The largest absolute Gasteiger partial charge is 0.748 e. The summed E-state index contributed by atoms with van der Waals surface area (Å²) in [7, 11) is -15.4. The molecule has 0 bridgehead atoms. The predicted molar refractivity (Wildman–Crippen MR) is 230 cm³/mol. The van der Waals surface area contributed by atoms with E-state index < -0.39 is 63.9 Å². The molecule has 0 aromatic heterocycles. The Bertz CT molecular complexity index is 2560. The van der Waals surface area contributed by atoms with E-state index in [9.17, 15) is 44.3 Å². The fourth-order valence-electron chi connectivity index (χ4n) is 8.02. The molecule has 5 rings (SSSR count). The number of anilines is 1. The van der Waals surface area contributed by atoms with E-state index in [1.165, 1.54) is 4.31 Å². The van der Waals surface area contributed by atoms with Gasteiger partial charge < -0.3 is 14.6 Å². The quantitative estimate of drug-likeness (QED) is 0.0930. The van der Waals surface area contributed by atoms with Crippen molar-refractivity contribution >= 4 is 63.9 Å². The van der Waals surface area contributed by atoms with E-state index in [1.807, 2.05) is 74.6 Å². The van der Waals surface area contributed by atoms with Crippen LogP contribution < -0.4 is 4.90 Å². The summed E-state index contributed by atoms with van der Waals surface area (Å²) in [4.78, 5) is 13.6. The van der Waals surface area contributed by atoms with Crippen molar-refractivity contribution in [2.45, 2.75) is 81.9 Å². The molecule has 20 heteroatoms. The highest BCUT2D eigenvalue weighted by Gasteiger charge is 2.44. The van der Waals surface area contributed by atoms with E-state index in [0.29, 0.717) is 25.9 Å². The number of unbranched alkanes of at least 4 members (excludes halogenated alkanes) is 2. The summed E-state index contributed by atoms with van der Waals surface area (Å²) in [6, 6.07) is 13.1. The summed E-state index contributed by atoms with van der Waals surface area (Å²) in [6.45, 7) is 9.53. The Morgan fingerprint density at radius 1 is 0.836 bits per heavy atom. The summed E-state index contributed by atoms with van der Waals surface area (Å²) in [5.41, 5.74) is 4.76. The Labute approximate surface area is 360 Å². The van der Waals surface area contributed by atoms with Crippen LogP contribution in [0.15, 0.2) is 95.6 Å². The summed E-state index contributed by atoms with van der Waals surface area (Å²) in [5.74, 6) is -2.24. The molecule has 0 spiro atoms. The average Bonchev–Trinajstić information content (AvgIpc) is 3.51. The lowest BCUT2D eigenvalue weighted by molar-refractivity contribution is -0.438. The van der Waals surface area contributed by atoms with Gasteiger partial charge in [-0.05, 0) is 75.8 Å². The van der Waals surface area contributed by atoms with Crippen molar-refractivity contribution in [1.29, 1.82) is 0 Å². The molecule has 2 aromatic rings. The number of aliphatic carboxylic acids is 1. The number of nitrogens with zero attached hydrogens (tertiary/aromatic N) is 3. The Morgan fingerprint density at radius 3 is 2.07 bits per heavy atom. The molecule has 0 radical (unpaired) electrons. The summed E-state index contributed by atoms with van der Waals surface area (Å²) >= 11 is 0. The first-order valence-electron chi connectivity index (χ1n) is 19.6. The minimum atomic E-state index is -4.27. The third-order valence-electron chi connectivity index (χ3n) is 11.1. The van der Waals surface area contributed by atoms with E-state index in [2.05, 4.69) is 29.4 Å². The lowest BCUT2D eigenvalue weighted by Gasteiger charge is -2.29. The maximum atomic E-state index is 13.7. The highest BCUT2D eigenvalue weighted by Crippen LogP contribution is 2.49. The second-order valence-corrected chi connectivity index (χ2v) is 21.4. The van der Waals surface area contributed by atoms with Gasteiger partial charge in [-0.15, -0.1) is 12.6 Å². The molecule has 2 aromatic carbocycles. The molecule has 2 N–H and O–H groups in total. The molecule has 16 nitrogen and oxygen atoms in total. The maximum Gasteiger partial charge on any atom is 0.425 e. The number of carboxylic acids is 1. The van der Waals surface area contributed by atoms with Crippen LogP contribution in [0.1, 0.15) is 77.3 Å². The molecule has 3 heterocycles. The SMILES string of the molecule is CC1(C)C(/C=C/C=C/C=C/C=C2/N(CCCCS(=O)(=O)O)c3ccc(S(=O)(=O)N4CCC(C(=O)O)CC4)cc3C2(C)C)=[N+](CCCCS(=O)(=O)[O-])c2ccccc21.O=S(=O)=O. The Balaban J connectivity index is 0.00000196.